The van der Waals surface area contributed by atoms with Crippen molar-refractivity contribution >= 4 is 21.8 Å². The Hall–Kier alpha value is -2.78. The molecule has 0 N–H and O–H groups in total. The smallest absolute Gasteiger partial charge is 0.256 e. The Bertz CT molecular complexity index is 1180. The summed E-state index contributed by atoms with van der Waals surface area (Å²) < 4.78 is 40.9. The van der Waals surface area contributed by atoms with Gasteiger partial charge in [0.1, 0.15) is 5.82 Å². The predicted octanol–water partition coefficient (Wildman–Crippen LogP) is 4.08. The first-order chi connectivity index (χ1) is 17.5. The fourth-order valence-electron chi connectivity index (χ4n) is 4.60. The van der Waals surface area contributed by atoms with E-state index in [1.165, 1.54) is 16.4 Å². The van der Waals surface area contributed by atoms with Crippen LogP contribution in [0.5, 0.6) is 0 Å². The van der Waals surface area contributed by atoms with E-state index in [1.54, 1.807) is 28.9 Å². The lowest BCUT2D eigenvalue weighted by molar-refractivity contribution is -0.135. The third-order valence-corrected chi connectivity index (χ3v) is 8.52. The third-order valence-electron chi connectivity index (χ3n) is 6.73. The Morgan fingerprint density at radius 1 is 1.05 bits per heavy atom. The van der Waals surface area contributed by atoms with Gasteiger partial charge in [-0.15, -0.1) is 0 Å². The number of benzene rings is 2. The van der Waals surface area contributed by atoms with Crippen LogP contribution in [-0.2, 0) is 21.4 Å². The minimum absolute atomic E-state index is 0.0441. The summed E-state index contributed by atoms with van der Waals surface area (Å²) in [5.41, 5.74) is 2.11. The second kappa shape index (κ2) is 12.6. The Labute approximate surface area is 220 Å². The molecule has 1 aliphatic rings. The van der Waals surface area contributed by atoms with Gasteiger partial charge < -0.3 is 9.80 Å². The number of halogens is 1. The van der Waals surface area contributed by atoms with E-state index in [1.807, 2.05) is 45.0 Å². The number of nitrogens with zero attached hydrogens (tertiary/aromatic N) is 3. The SMILES string of the molecule is CCS(=O)(=O)N(CC(=O)N(Cc1ccc(C)cc1)C1CCN(C(=O)c2ccccc2F)CC1)CC(C)C. The van der Waals surface area contributed by atoms with E-state index in [2.05, 4.69) is 0 Å². The maximum atomic E-state index is 14.2. The maximum absolute atomic E-state index is 14.2. The molecule has 0 bridgehead atoms. The third kappa shape index (κ3) is 7.61. The fraction of sp³-hybridized carbons (Fsp3) is 0.500. The van der Waals surface area contributed by atoms with E-state index in [0.29, 0.717) is 32.5 Å². The average Bonchev–Trinajstić information content (AvgIpc) is 2.87. The lowest BCUT2D eigenvalue weighted by Gasteiger charge is -2.39. The molecule has 0 atom stereocenters. The molecule has 1 fully saturated rings. The molecular formula is C28H38FN3O4S. The Morgan fingerprint density at radius 2 is 1.68 bits per heavy atom. The van der Waals surface area contributed by atoms with Crippen LogP contribution in [0.25, 0.3) is 0 Å². The number of likely N-dealkylation sites (tertiary alicyclic amines) is 1. The standard InChI is InChI=1S/C28H38FN3O4S/c1-5-37(35,36)31(18-21(2)3)20-27(33)32(19-23-12-10-22(4)11-13-23)24-14-16-30(17-15-24)28(34)25-8-6-7-9-26(25)29/h6-13,21,24H,5,14-20H2,1-4H3. The summed E-state index contributed by atoms with van der Waals surface area (Å²) in [6, 6.07) is 13.7. The summed E-state index contributed by atoms with van der Waals surface area (Å²) in [6.07, 6.45) is 1.06. The molecule has 202 valence electrons. The average molecular weight is 532 g/mol. The van der Waals surface area contributed by atoms with Crippen molar-refractivity contribution in [3.8, 4) is 0 Å². The quantitative estimate of drug-likeness (QED) is 0.463. The van der Waals surface area contributed by atoms with Crippen molar-refractivity contribution < 1.29 is 22.4 Å². The number of amides is 2. The zero-order valence-corrected chi connectivity index (χ0v) is 23.0. The van der Waals surface area contributed by atoms with Crippen molar-refractivity contribution in [3.63, 3.8) is 0 Å². The summed E-state index contributed by atoms with van der Waals surface area (Å²) in [7, 11) is -3.55. The number of hydrogen-bond donors (Lipinski definition) is 0. The number of rotatable bonds is 10. The van der Waals surface area contributed by atoms with Crippen LogP contribution in [0.15, 0.2) is 48.5 Å². The van der Waals surface area contributed by atoms with Gasteiger partial charge in [0.25, 0.3) is 5.91 Å². The molecule has 0 aliphatic carbocycles. The minimum atomic E-state index is -3.55. The molecule has 37 heavy (non-hydrogen) atoms. The molecule has 0 radical (unpaired) electrons. The number of aryl methyl sites for hydroxylation is 1. The van der Waals surface area contributed by atoms with Crippen molar-refractivity contribution in [1.82, 2.24) is 14.1 Å². The second-order valence-electron chi connectivity index (χ2n) is 10.1. The second-order valence-corrected chi connectivity index (χ2v) is 12.4. The fourth-order valence-corrected chi connectivity index (χ4v) is 5.80. The van der Waals surface area contributed by atoms with Gasteiger partial charge in [0.2, 0.25) is 15.9 Å². The molecule has 1 heterocycles. The summed E-state index contributed by atoms with van der Waals surface area (Å²) >= 11 is 0. The number of carbonyl (C=O) groups excluding carboxylic acids is 2. The van der Waals surface area contributed by atoms with Crippen LogP contribution in [-0.4, -0.2) is 72.3 Å². The first kappa shape index (κ1) is 28.8. The highest BCUT2D eigenvalue weighted by Crippen LogP contribution is 2.23. The minimum Gasteiger partial charge on any atom is -0.338 e. The molecule has 0 saturated carbocycles. The van der Waals surface area contributed by atoms with Crippen molar-refractivity contribution in [2.45, 2.75) is 53.1 Å². The molecule has 2 amide bonds. The van der Waals surface area contributed by atoms with E-state index in [-0.39, 0.29) is 48.2 Å². The van der Waals surface area contributed by atoms with Gasteiger partial charge in [-0.2, -0.15) is 4.31 Å². The molecule has 0 aromatic heterocycles. The molecule has 1 saturated heterocycles. The molecular weight excluding hydrogens is 493 g/mol. The van der Waals surface area contributed by atoms with Gasteiger partial charge in [-0.25, -0.2) is 12.8 Å². The summed E-state index contributed by atoms with van der Waals surface area (Å²) in [5.74, 6) is -1.15. The van der Waals surface area contributed by atoms with Crippen LogP contribution < -0.4 is 0 Å². The number of hydrogen-bond acceptors (Lipinski definition) is 4. The predicted molar refractivity (Wildman–Crippen MR) is 143 cm³/mol. The van der Waals surface area contributed by atoms with Crippen LogP contribution in [0, 0.1) is 18.7 Å². The highest BCUT2D eigenvalue weighted by atomic mass is 32.2. The Kier molecular flexibility index (Phi) is 9.84. The van der Waals surface area contributed by atoms with E-state index < -0.39 is 15.8 Å². The monoisotopic (exact) mass is 531 g/mol. The lowest BCUT2D eigenvalue weighted by Crippen LogP contribution is -2.51. The highest BCUT2D eigenvalue weighted by Gasteiger charge is 2.33. The molecule has 1 aliphatic heterocycles. The Morgan fingerprint density at radius 3 is 2.24 bits per heavy atom. The molecule has 2 aromatic carbocycles. The largest absolute Gasteiger partial charge is 0.338 e. The van der Waals surface area contributed by atoms with Crippen molar-refractivity contribution in [3.05, 3.63) is 71.0 Å². The van der Waals surface area contributed by atoms with Crippen molar-refractivity contribution in [2.24, 2.45) is 5.92 Å². The summed E-state index contributed by atoms with van der Waals surface area (Å²) in [4.78, 5) is 29.9. The van der Waals surface area contributed by atoms with Crippen molar-refractivity contribution in [2.75, 3.05) is 31.9 Å². The van der Waals surface area contributed by atoms with Crippen LogP contribution >= 0.6 is 0 Å². The zero-order valence-electron chi connectivity index (χ0n) is 22.2. The van der Waals surface area contributed by atoms with Crippen LogP contribution in [0.1, 0.15) is 55.1 Å². The first-order valence-electron chi connectivity index (χ1n) is 12.9. The van der Waals surface area contributed by atoms with Crippen LogP contribution in [0.3, 0.4) is 0 Å². The molecule has 3 rings (SSSR count). The van der Waals surface area contributed by atoms with Gasteiger partial charge in [-0.3, -0.25) is 9.59 Å². The topological polar surface area (TPSA) is 78.0 Å². The van der Waals surface area contributed by atoms with Gasteiger partial charge in [-0.1, -0.05) is 55.8 Å². The van der Waals surface area contributed by atoms with Crippen LogP contribution in [0.2, 0.25) is 0 Å². The van der Waals surface area contributed by atoms with Crippen molar-refractivity contribution in [1.29, 1.82) is 0 Å². The molecule has 9 heteroatoms. The van der Waals surface area contributed by atoms with Gasteiger partial charge >= 0.3 is 0 Å². The van der Waals surface area contributed by atoms with Crippen LogP contribution in [0.4, 0.5) is 4.39 Å². The van der Waals surface area contributed by atoms with Gasteiger partial charge in [0, 0.05) is 32.2 Å². The number of sulfonamides is 1. The zero-order chi connectivity index (χ0) is 27.2. The lowest BCUT2D eigenvalue weighted by atomic mass is 10.0. The van der Waals surface area contributed by atoms with Gasteiger partial charge in [0.15, 0.2) is 0 Å². The maximum Gasteiger partial charge on any atom is 0.256 e. The summed E-state index contributed by atoms with van der Waals surface area (Å²) in [6.45, 7) is 8.62. The highest BCUT2D eigenvalue weighted by molar-refractivity contribution is 7.89. The van der Waals surface area contributed by atoms with E-state index in [9.17, 15) is 22.4 Å². The van der Waals surface area contributed by atoms with Gasteiger partial charge in [-0.05, 0) is 50.3 Å². The van der Waals surface area contributed by atoms with Gasteiger partial charge in [0.05, 0.1) is 17.9 Å². The Balaban J connectivity index is 1.79. The van der Waals surface area contributed by atoms with E-state index in [4.69, 9.17) is 0 Å². The number of piperidine rings is 1. The molecule has 0 unspecified atom stereocenters. The molecule has 0 spiro atoms. The van der Waals surface area contributed by atoms with E-state index in [0.717, 1.165) is 11.1 Å². The summed E-state index contributed by atoms with van der Waals surface area (Å²) in [5, 5.41) is 0. The first-order valence-corrected chi connectivity index (χ1v) is 14.5. The number of carbonyl (C=O) groups is 2. The van der Waals surface area contributed by atoms with E-state index >= 15 is 0 Å². The molecule has 7 nitrogen and oxygen atoms in total. The molecule has 2 aromatic rings. The normalized spacial score (nSPS) is 14.8.